The van der Waals surface area contributed by atoms with Gasteiger partial charge in [-0.25, -0.2) is 0 Å². The third-order valence-electron chi connectivity index (χ3n) is 5.45. The predicted octanol–water partition coefficient (Wildman–Crippen LogP) is 7.37. The van der Waals surface area contributed by atoms with Gasteiger partial charge in [-0.1, -0.05) is 59.3 Å². The van der Waals surface area contributed by atoms with Crippen LogP contribution in [0.1, 0.15) is 22.5 Å². The van der Waals surface area contributed by atoms with Crippen LogP contribution in [0.25, 0.3) is 11.8 Å². The predicted molar refractivity (Wildman–Crippen MR) is 146 cm³/mol. The first-order chi connectivity index (χ1) is 16.3. The smallest absolute Gasteiger partial charge is 0.266 e. The van der Waals surface area contributed by atoms with Gasteiger partial charge in [0, 0.05) is 39.2 Å². The summed E-state index contributed by atoms with van der Waals surface area (Å²) in [6.07, 6.45) is 3.59. The topological polar surface area (TPSA) is 34.5 Å². The molecule has 1 aromatic heterocycles. The van der Waals surface area contributed by atoms with Crippen LogP contribution in [0.3, 0.4) is 0 Å². The molecule has 0 radical (unpaired) electrons. The maximum Gasteiger partial charge on any atom is 0.266 e. The van der Waals surface area contributed by atoms with E-state index in [1.807, 2.05) is 50.3 Å². The molecule has 1 aliphatic rings. The average molecular weight is 530 g/mol. The summed E-state index contributed by atoms with van der Waals surface area (Å²) in [5, 5.41) is 1.18. The quantitative estimate of drug-likeness (QED) is 0.182. The molecule has 34 heavy (non-hydrogen) atoms. The van der Waals surface area contributed by atoms with Crippen LogP contribution in [0, 0.1) is 13.8 Å². The summed E-state index contributed by atoms with van der Waals surface area (Å²) in [5.74, 6) is 0.658. The summed E-state index contributed by atoms with van der Waals surface area (Å²) >= 11 is 18.9. The van der Waals surface area contributed by atoms with Crippen LogP contribution in [-0.4, -0.2) is 26.2 Å². The summed E-state index contributed by atoms with van der Waals surface area (Å²) in [4.78, 5) is 14.9. The molecule has 1 fully saturated rings. The molecule has 8 heteroatoms. The fraction of sp³-hybridized carbons (Fsp3) is 0.154. The molecule has 1 aliphatic heterocycles. The highest BCUT2D eigenvalue weighted by atomic mass is 35.5. The van der Waals surface area contributed by atoms with E-state index in [1.165, 1.54) is 11.8 Å². The van der Waals surface area contributed by atoms with Gasteiger partial charge in [-0.05, 0) is 68.0 Å². The van der Waals surface area contributed by atoms with Crippen molar-refractivity contribution in [2.24, 2.45) is 0 Å². The lowest BCUT2D eigenvalue weighted by Crippen LogP contribution is -2.27. The second-order valence-corrected chi connectivity index (χ2v) is 10.3. The van der Waals surface area contributed by atoms with E-state index in [0.29, 0.717) is 32.4 Å². The van der Waals surface area contributed by atoms with E-state index in [1.54, 1.807) is 23.1 Å². The Morgan fingerprint density at radius 3 is 2.53 bits per heavy atom. The number of ether oxygens (including phenoxy) is 1. The summed E-state index contributed by atoms with van der Waals surface area (Å²) in [6.45, 7) is 8.55. The van der Waals surface area contributed by atoms with E-state index in [4.69, 9.17) is 40.2 Å². The number of thiocarbonyl (C=S) groups is 1. The molecule has 0 saturated carbocycles. The maximum absolute atomic E-state index is 12.7. The molecule has 174 valence electrons. The normalized spacial score (nSPS) is 14.8. The summed E-state index contributed by atoms with van der Waals surface area (Å²) < 4.78 is 8.60. The molecule has 0 N–H and O–H groups in total. The van der Waals surface area contributed by atoms with Crippen LogP contribution in [0.5, 0.6) is 5.75 Å². The van der Waals surface area contributed by atoms with Gasteiger partial charge in [0.25, 0.3) is 5.91 Å². The van der Waals surface area contributed by atoms with Gasteiger partial charge in [0.2, 0.25) is 0 Å². The van der Waals surface area contributed by atoms with Crippen molar-refractivity contribution in [3.05, 3.63) is 98.7 Å². The zero-order valence-electron chi connectivity index (χ0n) is 18.7. The molecule has 1 saturated heterocycles. The van der Waals surface area contributed by atoms with Crippen LogP contribution in [0.15, 0.2) is 66.1 Å². The lowest BCUT2D eigenvalue weighted by molar-refractivity contribution is -0.121. The van der Waals surface area contributed by atoms with Gasteiger partial charge in [0.1, 0.15) is 16.7 Å². The van der Waals surface area contributed by atoms with E-state index in [9.17, 15) is 4.79 Å². The van der Waals surface area contributed by atoms with Gasteiger partial charge in [0.05, 0.1) is 4.91 Å². The van der Waals surface area contributed by atoms with Crippen molar-refractivity contribution >= 4 is 63.5 Å². The Bertz CT molecular complexity index is 1310. The minimum Gasteiger partial charge on any atom is -0.489 e. The minimum atomic E-state index is -0.0815. The van der Waals surface area contributed by atoms with E-state index in [2.05, 4.69) is 17.2 Å². The lowest BCUT2D eigenvalue weighted by Gasteiger charge is -2.12. The monoisotopic (exact) mass is 528 g/mol. The molecular weight excluding hydrogens is 507 g/mol. The highest BCUT2D eigenvalue weighted by Crippen LogP contribution is 2.34. The zero-order chi connectivity index (χ0) is 24.4. The van der Waals surface area contributed by atoms with Crippen LogP contribution in [0.2, 0.25) is 10.0 Å². The van der Waals surface area contributed by atoms with Crippen molar-refractivity contribution in [2.75, 3.05) is 6.54 Å². The van der Waals surface area contributed by atoms with Crippen molar-refractivity contribution in [1.29, 1.82) is 0 Å². The molecule has 0 atom stereocenters. The van der Waals surface area contributed by atoms with Crippen molar-refractivity contribution < 1.29 is 9.53 Å². The molecule has 0 bridgehead atoms. The fourth-order valence-electron chi connectivity index (χ4n) is 3.75. The number of aromatic nitrogens is 1. The maximum atomic E-state index is 12.7. The second kappa shape index (κ2) is 10.4. The molecule has 0 spiro atoms. The molecule has 4 nitrogen and oxygen atoms in total. The number of carbonyl (C=O) groups excluding carboxylic acids is 1. The third kappa shape index (κ3) is 5.10. The molecule has 0 aliphatic carbocycles. The molecule has 3 aromatic rings. The molecule has 4 rings (SSSR count). The summed E-state index contributed by atoms with van der Waals surface area (Å²) in [6, 6.07) is 15.3. The van der Waals surface area contributed by atoms with Crippen molar-refractivity contribution in [1.82, 2.24) is 9.47 Å². The van der Waals surface area contributed by atoms with Gasteiger partial charge in [-0.15, -0.1) is 6.58 Å². The van der Waals surface area contributed by atoms with E-state index in [0.717, 1.165) is 34.0 Å². The fourth-order valence-corrected chi connectivity index (χ4v) is 5.48. The molecule has 0 unspecified atom stereocenters. The Labute approximate surface area is 218 Å². The zero-order valence-corrected chi connectivity index (χ0v) is 21.8. The first-order valence-electron chi connectivity index (χ1n) is 10.5. The standard InChI is InChI=1S/C26H22Cl2N2O2S2/c1-4-11-29-25(31)24(34-26(29)33)13-19-12-16(2)30(17(19)3)21-7-9-22(10-8-21)32-15-18-5-6-20(27)14-23(18)28/h4-10,12-14H,1,11,15H2,2-3H3/b24-13-. The first-order valence-corrected chi connectivity index (χ1v) is 12.5. The Kier molecular flexibility index (Phi) is 7.53. The van der Waals surface area contributed by atoms with Crippen LogP contribution in [-0.2, 0) is 11.4 Å². The first kappa shape index (κ1) is 24.6. The summed E-state index contributed by atoms with van der Waals surface area (Å²) in [5.41, 5.74) is 4.95. The number of hydrogen-bond acceptors (Lipinski definition) is 4. The van der Waals surface area contributed by atoms with Gasteiger partial charge in [0.15, 0.2) is 0 Å². The van der Waals surface area contributed by atoms with Gasteiger partial charge < -0.3 is 9.30 Å². The van der Waals surface area contributed by atoms with Crippen molar-refractivity contribution in [3.8, 4) is 11.4 Å². The number of hydrogen-bond donors (Lipinski definition) is 0. The number of rotatable bonds is 7. The average Bonchev–Trinajstić information content (AvgIpc) is 3.23. The molecule has 1 amide bonds. The van der Waals surface area contributed by atoms with Gasteiger partial charge in [-0.2, -0.15) is 0 Å². The highest BCUT2D eigenvalue weighted by Gasteiger charge is 2.31. The Balaban J connectivity index is 1.52. The Morgan fingerprint density at radius 1 is 1.12 bits per heavy atom. The Hall–Kier alpha value is -2.51. The number of amides is 1. The molecule has 2 heterocycles. The van der Waals surface area contributed by atoms with Crippen LogP contribution < -0.4 is 4.74 Å². The number of halogens is 2. The highest BCUT2D eigenvalue weighted by molar-refractivity contribution is 8.26. The number of thioether (sulfide) groups is 1. The van der Waals surface area contributed by atoms with Gasteiger partial charge >= 0.3 is 0 Å². The number of nitrogens with zero attached hydrogens (tertiary/aromatic N) is 2. The third-order valence-corrected chi connectivity index (χ3v) is 7.41. The lowest BCUT2D eigenvalue weighted by atomic mass is 10.2. The summed E-state index contributed by atoms with van der Waals surface area (Å²) in [7, 11) is 0. The minimum absolute atomic E-state index is 0.0815. The second-order valence-electron chi connectivity index (χ2n) is 7.76. The van der Waals surface area contributed by atoms with Crippen molar-refractivity contribution in [3.63, 3.8) is 0 Å². The van der Waals surface area contributed by atoms with Crippen LogP contribution >= 0.6 is 47.2 Å². The molecule has 2 aromatic carbocycles. The van der Waals surface area contributed by atoms with E-state index >= 15 is 0 Å². The Morgan fingerprint density at radius 2 is 1.85 bits per heavy atom. The van der Waals surface area contributed by atoms with Crippen LogP contribution in [0.4, 0.5) is 0 Å². The SMILES string of the molecule is C=CCN1C(=O)/C(=C/c2cc(C)n(-c3ccc(OCc4ccc(Cl)cc4Cl)cc3)c2C)SC1=S. The van der Waals surface area contributed by atoms with E-state index < -0.39 is 0 Å². The molecular formula is C26H22Cl2N2O2S2. The largest absolute Gasteiger partial charge is 0.489 e. The number of aryl methyl sites for hydroxylation is 1. The number of benzene rings is 2. The van der Waals surface area contributed by atoms with E-state index in [-0.39, 0.29) is 5.91 Å². The number of carbonyl (C=O) groups is 1. The van der Waals surface area contributed by atoms with Gasteiger partial charge in [-0.3, -0.25) is 9.69 Å². The van der Waals surface area contributed by atoms with Crippen molar-refractivity contribution in [2.45, 2.75) is 20.5 Å².